The van der Waals surface area contributed by atoms with Gasteiger partial charge in [0.05, 0.1) is 31.5 Å². The normalized spacial score (nSPS) is 12.0. The van der Waals surface area contributed by atoms with Crippen molar-refractivity contribution in [3.8, 4) is 5.75 Å². The van der Waals surface area contributed by atoms with Crippen molar-refractivity contribution in [2.45, 2.75) is 33.4 Å². The summed E-state index contributed by atoms with van der Waals surface area (Å²) in [6.07, 6.45) is 1.66. The molecular weight excluding hydrogens is 340 g/mol. The molecule has 3 rings (SSSR count). The molecule has 0 aliphatic carbocycles. The molecule has 0 aliphatic rings. The number of furan rings is 1. The van der Waals surface area contributed by atoms with Gasteiger partial charge in [-0.25, -0.2) is 0 Å². The van der Waals surface area contributed by atoms with Crippen LogP contribution in [0.4, 0.5) is 0 Å². The third-order valence-corrected chi connectivity index (χ3v) is 5.19. The Kier molecular flexibility index (Phi) is 5.40. The summed E-state index contributed by atoms with van der Waals surface area (Å²) in [6.45, 7) is 6.61. The summed E-state index contributed by atoms with van der Waals surface area (Å²) in [4.78, 5) is 15.0. The molecular formula is C22H26N2O3. The maximum atomic E-state index is 13.2. The molecule has 5 nitrogen and oxygen atoms in total. The number of nitrogens with zero attached hydrogens (tertiary/aromatic N) is 2. The smallest absolute Gasteiger partial charge is 0.255 e. The van der Waals surface area contributed by atoms with Gasteiger partial charge in [-0.05, 0) is 45.0 Å². The second kappa shape index (κ2) is 7.74. The number of para-hydroxylation sites is 1. The summed E-state index contributed by atoms with van der Waals surface area (Å²) in [7, 11) is 3.48. The summed E-state index contributed by atoms with van der Waals surface area (Å²) in [5.74, 6) is 1.65. The zero-order chi connectivity index (χ0) is 19.6. The van der Waals surface area contributed by atoms with Gasteiger partial charge in [-0.2, -0.15) is 0 Å². The van der Waals surface area contributed by atoms with Gasteiger partial charge in [0.25, 0.3) is 5.91 Å². The van der Waals surface area contributed by atoms with E-state index in [1.165, 1.54) is 0 Å². The van der Waals surface area contributed by atoms with Crippen LogP contribution in [0.25, 0.3) is 0 Å². The van der Waals surface area contributed by atoms with Gasteiger partial charge in [-0.1, -0.05) is 18.2 Å². The Hall–Kier alpha value is -2.95. The van der Waals surface area contributed by atoms with E-state index in [1.807, 2.05) is 70.3 Å². The first kappa shape index (κ1) is 18.8. The van der Waals surface area contributed by atoms with Crippen molar-refractivity contribution in [2.75, 3.05) is 14.2 Å². The number of benzene rings is 1. The van der Waals surface area contributed by atoms with Crippen molar-refractivity contribution in [3.05, 3.63) is 77.0 Å². The van der Waals surface area contributed by atoms with Crippen molar-refractivity contribution in [3.63, 3.8) is 0 Å². The van der Waals surface area contributed by atoms with Crippen molar-refractivity contribution >= 4 is 5.91 Å². The second-order valence-electron chi connectivity index (χ2n) is 6.78. The Labute approximate surface area is 160 Å². The molecule has 1 aromatic carbocycles. The first-order chi connectivity index (χ1) is 12.9. The molecule has 0 N–H and O–H groups in total. The molecule has 0 saturated carbocycles. The lowest BCUT2D eigenvalue weighted by molar-refractivity contribution is 0.0740. The summed E-state index contributed by atoms with van der Waals surface area (Å²) in [6, 6.07) is 13.5. The molecule has 142 valence electrons. The van der Waals surface area contributed by atoms with E-state index in [-0.39, 0.29) is 11.9 Å². The topological polar surface area (TPSA) is 47.6 Å². The van der Waals surface area contributed by atoms with Gasteiger partial charge in [0.2, 0.25) is 0 Å². The maximum absolute atomic E-state index is 13.2. The van der Waals surface area contributed by atoms with E-state index in [2.05, 4.69) is 4.57 Å². The van der Waals surface area contributed by atoms with Gasteiger partial charge in [-0.3, -0.25) is 4.79 Å². The first-order valence-corrected chi connectivity index (χ1v) is 9.03. The molecule has 2 heterocycles. The number of rotatable bonds is 6. The van der Waals surface area contributed by atoms with Gasteiger partial charge >= 0.3 is 0 Å². The number of aryl methyl sites for hydroxylation is 1. The van der Waals surface area contributed by atoms with Gasteiger partial charge < -0.3 is 18.6 Å². The quantitative estimate of drug-likeness (QED) is 0.641. The summed E-state index contributed by atoms with van der Waals surface area (Å²) in [5.41, 5.74) is 3.67. The lowest BCUT2D eigenvalue weighted by Gasteiger charge is -2.26. The van der Waals surface area contributed by atoms with Gasteiger partial charge in [0.1, 0.15) is 11.5 Å². The molecule has 0 bridgehead atoms. The predicted octanol–water partition coefficient (Wildman–Crippen LogP) is 4.59. The molecule has 1 amide bonds. The fourth-order valence-electron chi connectivity index (χ4n) is 3.41. The van der Waals surface area contributed by atoms with E-state index in [0.717, 1.165) is 28.5 Å². The third-order valence-electron chi connectivity index (χ3n) is 5.19. The van der Waals surface area contributed by atoms with Crippen LogP contribution in [0.1, 0.15) is 46.0 Å². The minimum Gasteiger partial charge on any atom is -0.496 e. The number of methoxy groups -OCH3 is 1. The van der Waals surface area contributed by atoms with Crippen LogP contribution in [0, 0.1) is 13.8 Å². The highest BCUT2D eigenvalue weighted by atomic mass is 16.5. The lowest BCUT2D eigenvalue weighted by Crippen LogP contribution is -2.30. The van der Waals surface area contributed by atoms with E-state index in [9.17, 15) is 4.79 Å². The molecule has 0 spiro atoms. The number of amides is 1. The highest BCUT2D eigenvalue weighted by Gasteiger charge is 2.24. The number of hydrogen-bond acceptors (Lipinski definition) is 3. The molecule has 2 aromatic heterocycles. The Morgan fingerprint density at radius 1 is 1.22 bits per heavy atom. The largest absolute Gasteiger partial charge is 0.496 e. The minimum atomic E-state index is -0.109. The third kappa shape index (κ3) is 3.63. The highest BCUT2D eigenvalue weighted by Crippen LogP contribution is 2.30. The zero-order valence-corrected chi connectivity index (χ0v) is 16.5. The Balaban J connectivity index is 1.87. The van der Waals surface area contributed by atoms with Gasteiger partial charge in [0, 0.05) is 24.0 Å². The number of ether oxygens (including phenoxy) is 1. The highest BCUT2D eigenvalue weighted by molar-refractivity contribution is 5.95. The molecule has 0 fully saturated rings. The molecule has 0 saturated heterocycles. The Morgan fingerprint density at radius 3 is 2.63 bits per heavy atom. The van der Waals surface area contributed by atoms with Crippen LogP contribution in [0.15, 0.2) is 53.1 Å². The average Bonchev–Trinajstić information content (AvgIpc) is 3.30. The average molecular weight is 366 g/mol. The van der Waals surface area contributed by atoms with E-state index in [1.54, 1.807) is 18.3 Å². The van der Waals surface area contributed by atoms with Crippen LogP contribution < -0.4 is 4.74 Å². The molecule has 27 heavy (non-hydrogen) atoms. The minimum absolute atomic E-state index is 0.00722. The van der Waals surface area contributed by atoms with Crippen LogP contribution in [0.5, 0.6) is 5.75 Å². The SMILES string of the molecule is COc1ccccc1C(C)N(C)C(=O)c1cc(C)n(Cc2ccco2)c1C. The Bertz CT molecular complexity index is 925. The van der Waals surface area contributed by atoms with Crippen LogP contribution in [0.2, 0.25) is 0 Å². The predicted molar refractivity (Wildman–Crippen MR) is 105 cm³/mol. The van der Waals surface area contributed by atoms with Gasteiger partial charge in [0.15, 0.2) is 0 Å². The number of aromatic nitrogens is 1. The Morgan fingerprint density at radius 2 is 1.96 bits per heavy atom. The van der Waals surface area contributed by atoms with E-state index in [4.69, 9.17) is 9.15 Å². The van der Waals surface area contributed by atoms with Crippen molar-refractivity contribution in [2.24, 2.45) is 0 Å². The van der Waals surface area contributed by atoms with Crippen LogP contribution >= 0.6 is 0 Å². The van der Waals surface area contributed by atoms with Crippen LogP contribution in [-0.4, -0.2) is 29.5 Å². The molecule has 1 unspecified atom stereocenters. The van der Waals surface area contributed by atoms with E-state index < -0.39 is 0 Å². The van der Waals surface area contributed by atoms with E-state index >= 15 is 0 Å². The van der Waals surface area contributed by atoms with Crippen LogP contribution in [0.3, 0.4) is 0 Å². The summed E-state index contributed by atoms with van der Waals surface area (Å²) >= 11 is 0. The molecule has 5 heteroatoms. The van der Waals surface area contributed by atoms with Crippen molar-refractivity contribution in [1.29, 1.82) is 0 Å². The van der Waals surface area contributed by atoms with Crippen molar-refractivity contribution < 1.29 is 13.9 Å². The van der Waals surface area contributed by atoms with E-state index in [0.29, 0.717) is 12.1 Å². The number of carbonyl (C=O) groups excluding carboxylic acids is 1. The molecule has 1 atom stereocenters. The fourth-order valence-corrected chi connectivity index (χ4v) is 3.41. The molecule has 3 aromatic rings. The summed E-state index contributed by atoms with van der Waals surface area (Å²) < 4.78 is 13.0. The lowest BCUT2D eigenvalue weighted by atomic mass is 10.0. The molecule has 0 radical (unpaired) electrons. The van der Waals surface area contributed by atoms with Gasteiger partial charge in [-0.15, -0.1) is 0 Å². The molecule has 0 aliphatic heterocycles. The second-order valence-corrected chi connectivity index (χ2v) is 6.78. The standard InChI is InChI=1S/C22H26N2O3/c1-15-13-20(17(3)24(15)14-18-9-8-12-27-18)22(25)23(4)16(2)19-10-6-7-11-21(19)26-5/h6-13,16H,14H2,1-5H3. The number of hydrogen-bond donors (Lipinski definition) is 0. The number of carbonyl (C=O) groups is 1. The van der Waals surface area contributed by atoms with Crippen molar-refractivity contribution in [1.82, 2.24) is 9.47 Å². The first-order valence-electron chi connectivity index (χ1n) is 9.03. The fraction of sp³-hybridized carbons (Fsp3) is 0.318. The zero-order valence-electron chi connectivity index (χ0n) is 16.5. The van der Waals surface area contributed by atoms with Crippen LogP contribution in [-0.2, 0) is 6.54 Å². The monoisotopic (exact) mass is 366 g/mol. The summed E-state index contributed by atoms with van der Waals surface area (Å²) in [5, 5.41) is 0. The maximum Gasteiger partial charge on any atom is 0.255 e.